The first-order chi connectivity index (χ1) is 10.8. The van der Waals surface area contributed by atoms with Crippen LogP contribution < -0.4 is 5.73 Å². The van der Waals surface area contributed by atoms with Gasteiger partial charge in [-0.25, -0.2) is 4.98 Å². The molecule has 0 aliphatic heterocycles. The second-order valence-corrected chi connectivity index (χ2v) is 5.28. The Hall–Kier alpha value is -3.07. The topological polar surface area (TPSA) is 54.7 Å². The van der Waals surface area contributed by atoms with E-state index in [1.807, 2.05) is 30.5 Å². The van der Waals surface area contributed by atoms with Crippen LogP contribution in [0.3, 0.4) is 0 Å². The second-order valence-electron chi connectivity index (χ2n) is 5.28. The Morgan fingerprint density at radius 2 is 1.64 bits per heavy atom. The zero-order chi connectivity index (χ0) is 14.9. The Labute approximate surface area is 128 Å². The van der Waals surface area contributed by atoms with Crippen molar-refractivity contribution < 1.29 is 0 Å². The normalized spacial score (nSPS) is 10.9. The number of pyridine rings is 1. The number of hydrogen-bond acceptors (Lipinski definition) is 2. The number of aromatic nitrogens is 2. The molecule has 0 aliphatic rings. The van der Waals surface area contributed by atoms with E-state index in [1.165, 1.54) is 0 Å². The number of hydrogen-bond donors (Lipinski definition) is 2. The van der Waals surface area contributed by atoms with Crippen LogP contribution in [0.15, 0.2) is 72.9 Å². The first kappa shape index (κ1) is 12.7. The van der Waals surface area contributed by atoms with Crippen LogP contribution in [0.1, 0.15) is 0 Å². The lowest BCUT2D eigenvalue weighted by Gasteiger charge is -2.06. The van der Waals surface area contributed by atoms with E-state index in [4.69, 9.17) is 10.7 Å². The summed E-state index contributed by atoms with van der Waals surface area (Å²) in [5.74, 6) is 0. The maximum Gasteiger partial charge on any atom is 0.0716 e. The van der Waals surface area contributed by atoms with Gasteiger partial charge in [0.05, 0.1) is 22.6 Å². The molecule has 106 valence electrons. The number of anilines is 1. The summed E-state index contributed by atoms with van der Waals surface area (Å²) in [6, 6.07) is 22.4. The molecule has 2 aromatic carbocycles. The molecule has 3 heteroatoms. The molecule has 2 aromatic heterocycles. The van der Waals surface area contributed by atoms with Crippen LogP contribution in [-0.2, 0) is 0 Å². The molecule has 3 nitrogen and oxygen atoms in total. The highest BCUT2D eigenvalue weighted by Gasteiger charge is 2.06. The maximum atomic E-state index is 5.99. The lowest BCUT2D eigenvalue weighted by Crippen LogP contribution is -1.89. The Morgan fingerprint density at radius 3 is 2.41 bits per heavy atom. The van der Waals surface area contributed by atoms with E-state index in [1.54, 1.807) is 0 Å². The molecule has 0 radical (unpaired) electrons. The molecule has 0 saturated carbocycles. The molecule has 0 amide bonds. The summed E-state index contributed by atoms with van der Waals surface area (Å²) < 4.78 is 0. The van der Waals surface area contributed by atoms with Gasteiger partial charge >= 0.3 is 0 Å². The molecule has 0 spiro atoms. The number of rotatable bonds is 2. The van der Waals surface area contributed by atoms with Crippen molar-refractivity contribution in [3.8, 4) is 22.5 Å². The molecule has 22 heavy (non-hydrogen) atoms. The van der Waals surface area contributed by atoms with Gasteiger partial charge in [-0.05, 0) is 18.2 Å². The van der Waals surface area contributed by atoms with Crippen molar-refractivity contribution in [2.45, 2.75) is 0 Å². The van der Waals surface area contributed by atoms with E-state index in [9.17, 15) is 0 Å². The van der Waals surface area contributed by atoms with Crippen molar-refractivity contribution in [1.82, 2.24) is 9.97 Å². The van der Waals surface area contributed by atoms with Gasteiger partial charge in [-0.2, -0.15) is 0 Å². The van der Waals surface area contributed by atoms with Gasteiger partial charge in [-0.3, -0.25) is 0 Å². The molecule has 4 rings (SSSR count). The quantitative estimate of drug-likeness (QED) is 0.570. The summed E-state index contributed by atoms with van der Waals surface area (Å²) in [4.78, 5) is 7.97. The number of nitrogens with one attached hydrogen (secondary N) is 1. The zero-order valence-electron chi connectivity index (χ0n) is 12.0. The van der Waals surface area contributed by atoms with Crippen molar-refractivity contribution >= 4 is 16.6 Å². The van der Waals surface area contributed by atoms with Crippen LogP contribution >= 0.6 is 0 Å². The smallest absolute Gasteiger partial charge is 0.0716 e. The molecule has 0 atom stereocenters. The van der Waals surface area contributed by atoms with Crippen LogP contribution in [0.25, 0.3) is 33.4 Å². The number of nitrogens with two attached hydrogens (primary N) is 1. The summed E-state index contributed by atoms with van der Waals surface area (Å²) in [5.41, 5.74) is 11.8. The molecule has 2 heterocycles. The number of H-pyrrole nitrogens is 1. The Morgan fingerprint density at radius 1 is 0.818 bits per heavy atom. The highest BCUT2D eigenvalue weighted by molar-refractivity contribution is 5.87. The van der Waals surface area contributed by atoms with Crippen molar-refractivity contribution in [2.24, 2.45) is 0 Å². The van der Waals surface area contributed by atoms with E-state index in [0.717, 1.165) is 39.1 Å². The van der Waals surface area contributed by atoms with Gasteiger partial charge in [-0.15, -0.1) is 0 Å². The highest BCUT2D eigenvalue weighted by Crippen LogP contribution is 2.28. The standard InChI is InChI=1S/C19H15N3/c20-16-10-11-21-19(16)15-7-6-14-8-9-17(22-18(14)12-15)13-4-2-1-3-5-13/h1-12,21H,20H2. The largest absolute Gasteiger partial charge is 0.397 e. The fourth-order valence-corrected chi connectivity index (χ4v) is 2.67. The summed E-state index contributed by atoms with van der Waals surface area (Å²) >= 11 is 0. The van der Waals surface area contributed by atoms with Gasteiger partial charge in [-0.1, -0.05) is 48.5 Å². The van der Waals surface area contributed by atoms with Gasteiger partial charge in [0.15, 0.2) is 0 Å². The molecule has 0 bridgehead atoms. The molecule has 0 saturated heterocycles. The third kappa shape index (κ3) is 2.13. The number of nitrogens with zero attached hydrogens (tertiary/aromatic N) is 1. The van der Waals surface area contributed by atoms with Crippen molar-refractivity contribution in [3.05, 3.63) is 72.9 Å². The SMILES string of the molecule is Nc1cc[nH]c1-c1ccc2ccc(-c3ccccc3)nc2c1. The van der Waals surface area contributed by atoms with Gasteiger partial charge < -0.3 is 10.7 Å². The zero-order valence-corrected chi connectivity index (χ0v) is 12.0. The van der Waals surface area contributed by atoms with E-state index in [-0.39, 0.29) is 0 Å². The van der Waals surface area contributed by atoms with Crippen LogP contribution in [0.2, 0.25) is 0 Å². The third-order valence-electron chi connectivity index (χ3n) is 3.83. The Kier molecular flexibility index (Phi) is 2.90. The van der Waals surface area contributed by atoms with Crippen LogP contribution in [0.5, 0.6) is 0 Å². The van der Waals surface area contributed by atoms with Crippen LogP contribution in [0, 0.1) is 0 Å². The molecule has 0 aliphatic carbocycles. The Bertz CT molecular complexity index is 939. The van der Waals surface area contributed by atoms with Crippen molar-refractivity contribution in [3.63, 3.8) is 0 Å². The Balaban J connectivity index is 1.86. The average molecular weight is 285 g/mol. The molecular weight excluding hydrogens is 270 g/mol. The number of benzene rings is 2. The van der Waals surface area contributed by atoms with Crippen molar-refractivity contribution in [1.29, 1.82) is 0 Å². The molecule has 0 unspecified atom stereocenters. The number of aromatic amines is 1. The summed E-state index contributed by atoms with van der Waals surface area (Å²) in [6.45, 7) is 0. The minimum absolute atomic E-state index is 0.749. The van der Waals surface area contributed by atoms with Crippen LogP contribution in [-0.4, -0.2) is 9.97 Å². The molecular formula is C19H15N3. The molecule has 4 aromatic rings. The summed E-state index contributed by atoms with van der Waals surface area (Å²) in [5, 5.41) is 1.12. The average Bonchev–Trinajstić information content (AvgIpc) is 3.01. The lowest BCUT2D eigenvalue weighted by molar-refractivity contribution is 1.38. The second kappa shape index (κ2) is 5.04. The molecule has 0 fully saturated rings. The first-order valence-electron chi connectivity index (χ1n) is 7.21. The predicted molar refractivity (Wildman–Crippen MR) is 91.4 cm³/mol. The minimum Gasteiger partial charge on any atom is -0.397 e. The predicted octanol–water partition coefficient (Wildman–Crippen LogP) is 4.48. The fourth-order valence-electron chi connectivity index (χ4n) is 2.67. The summed E-state index contributed by atoms with van der Waals surface area (Å²) in [6.07, 6.45) is 1.85. The minimum atomic E-state index is 0.749. The fraction of sp³-hybridized carbons (Fsp3) is 0. The lowest BCUT2D eigenvalue weighted by atomic mass is 10.1. The van der Waals surface area contributed by atoms with Gasteiger partial charge in [0.2, 0.25) is 0 Å². The molecule has 3 N–H and O–H groups in total. The van der Waals surface area contributed by atoms with Gasteiger partial charge in [0.25, 0.3) is 0 Å². The number of fused-ring (bicyclic) bond motifs is 1. The van der Waals surface area contributed by atoms with Crippen LogP contribution in [0.4, 0.5) is 5.69 Å². The van der Waals surface area contributed by atoms with E-state index < -0.39 is 0 Å². The van der Waals surface area contributed by atoms with E-state index >= 15 is 0 Å². The van der Waals surface area contributed by atoms with E-state index in [0.29, 0.717) is 0 Å². The van der Waals surface area contributed by atoms with Gasteiger partial charge in [0.1, 0.15) is 0 Å². The first-order valence-corrected chi connectivity index (χ1v) is 7.21. The van der Waals surface area contributed by atoms with E-state index in [2.05, 4.69) is 47.4 Å². The maximum absolute atomic E-state index is 5.99. The monoisotopic (exact) mass is 285 g/mol. The van der Waals surface area contributed by atoms with Gasteiger partial charge in [0, 0.05) is 22.7 Å². The number of nitrogen functional groups attached to an aromatic ring is 1. The summed E-state index contributed by atoms with van der Waals surface area (Å²) in [7, 11) is 0. The third-order valence-corrected chi connectivity index (χ3v) is 3.83. The highest BCUT2D eigenvalue weighted by atomic mass is 14.8. The van der Waals surface area contributed by atoms with Crippen molar-refractivity contribution in [2.75, 3.05) is 5.73 Å².